The van der Waals surface area contributed by atoms with E-state index in [9.17, 15) is 22.4 Å². The van der Waals surface area contributed by atoms with Crippen molar-refractivity contribution in [2.24, 2.45) is 0 Å². The summed E-state index contributed by atoms with van der Waals surface area (Å²) in [4.78, 5) is 29.6. The van der Waals surface area contributed by atoms with Gasteiger partial charge < -0.3 is 10.2 Å². The minimum absolute atomic E-state index is 0.0511. The molecule has 0 fully saturated rings. The normalized spacial score (nSPS) is 12.6. The van der Waals surface area contributed by atoms with Crippen molar-refractivity contribution in [2.45, 2.75) is 50.2 Å². The van der Waals surface area contributed by atoms with Crippen LogP contribution < -0.4 is 9.62 Å². The number of amides is 2. The van der Waals surface area contributed by atoms with Gasteiger partial charge in [0.25, 0.3) is 10.0 Å². The Bertz CT molecular complexity index is 1710. The number of nitrogens with one attached hydrogen (secondary N) is 1. The lowest BCUT2D eigenvalue weighted by atomic mass is 10.0. The predicted molar refractivity (Wildman–Crippen MR) is 176 cm³/mol. The van der Waals surface area contributed by atoms with Crippen LogP contribution in [0.3, 0.4) is 0 Å². The van der Waals surface area contributed by atoms with Crippen molar-refractivity contribution >= 4 is 50.7 Å². The summed E-state index contributed by atoms with van der Waals surface area (Å²) < 4.78 is 42.7. The molecule has 4 rings (SSSR count). The second-order valence-corrected chi connectivity index (χ2v) is 13.3. The fourth-order valence-corrected chi connectivity index (χ4v) is 6.59. The zero-order valence-electron chi connectivity index (χ0n) is 24.9. The molecule has 0 spiro atoms. The van der Waals surface area contributed by atoms with Gasteiger partial charge in [0, 0.05) is 29.1 Å². The van der Waals surface area contributed by atoms with Gasteiger partial charge in [-0.05, 0) is 73.0 Å². The summed E-state index contributed by atoms with van der Waals surface area (Å²) in [5.74, 6) is -1.62. The van der Waals surface area contributed by atoms with Gasteiger partial charge in [-0.2, -0.15) is 0 Å². The first-order valence-corrected chi connectivity index (χ1v) is 16.6. The molecule has 1 N–H and O–H groups in total. The number of anilines is 1. The number of sulfonamides is 1. The van der Waals surface area contributed by atoms with Gasteiger partial charge in [-0.25, -0.2) is 12.8 Å². The summed E-state index contributed by atoms with van der Waals surface area (Å²) in [6.45, 7) is 3.02. The average Bonchev–Trinajstić information content (AvgIpc) is 3.03. The monoisotopic (exact) mass is 669 g/mol. The Morgan fingerprint density at radius 2 is 1.51 bits per heavy atom. The van der Waals surface area contributed by atoms with Gasteiger partial charge in [0.1, 0.15) is 18.4 Å². The molecular formula is C34H34Cl2FN3O4S. The summed E-state index contributed by atoms with van der Waals surface area (Å²) in [5, 5.41) is 3.66. The Morgan fingerprint density at radius 3 is 2.11 bits per heavy atom. The molecule has 0 saturated heterocycles. The molecule has 0 unspecified atom stereocenters. The molecule has 0 heterocycles. The average molecular weight is 671 g/mol. The second kappa shape index (κ2) is 15.4. The van der Waals surface area contributed by atoms with Crippen molar-refractivity contribution in [3.63, 3.8) is 0 Å². The molecule has 2 amide bonds. The third-order valence-corrected chi connectivity index (χ3v) is 9.73. The van der Waals surface area contributed by atoms with Gasteiger partial charge in [0.2, 0.25) is 11.8 Å². The van der Waals surface area contributed by atoms with E-state index in [2.05, 4.69) is 5.32 Å². The Hall–Kier alpha value is -3.92. The molecule has 11 heteroatoms. The SMILES string of the molecule is CC[C@H](C)NC(=O)[C@@H](Cc1ccccc1)N(Cc1ccc(Cl)cc1Cl)C(=O)CN(c1ccc(F)cc1)S(=O)(=O)c1ccccc1. The number of hydrogen-bond donors (Lipinski definition) is 1. The largest absolute Gasteiger partial charge is 0.352 e. The van der Waals surface area contributed by atoms with E-state index in [1.165, 1.54) is 35.2 Å². The van der Waals surface area contributed by atoms with Gasteiger partial charge in [0.05, 0.1) is 10.6 Å². The maximum absolute atomic E-state index is 14.4. The fraction of sp³-hybridized carbons (Fsp3) is 0.235. The van der Waals surface area contributed by atoms with E-state index in [-0.39, 0.29) is 34.6 Å². The molecule has 0 aliphatic carbocycles. The highest BCUT2D eigenvalue weighted by atomic mass is 35.5. The van der Waals surface area contributed by atoms with E-state index in [0.29, 0.717) is 17.0 Å². The van der Waals surface area contributed by atoms with Crippen LogP contribution >= 0.6 is 23.2 Å². The standard InChI is InChI=1S/C34H34Cl2FN3O4S/c1-3-24(2)38-34(42)32(20-25-10-6-4-7-11-25)39(22-26-14-15-27(35)21-31(26)36)33(41)23-40(29-18-16-28(37)17-19-29)45(43,44)30-12-8-5-9-13-30/h4-19,21,24,32H,3,20,22-23H2,1-2H3,(H,38,42)/t24-,32+/m0/s1. The Morgan fingerprint density at radius 1 is 0.889 bits per heavy atom. The smallest absolute Gasteiger partial charge is 0.264 e. The number of nitrogens with zero attached hydrogens (tertiary/aromatic N) is 2. The quantitative estimate of drug-likeness (QED) is 0.168. The molecule has 4 aromatic carbocycles. The molecule has 45 heavy (non-hydrogen) atoms. The number of halogens is 3. The lowest BCUT2D eigenvalue weighted by Gasteiger charge is -2.34. The van der Waals surface area contributed by atoms with Crippen molar-refractivity contribution in [1.29, 1.82) is 0 Å². The van der Waals surface area contributed by atoms with Crippen molar-refractivity contribution in [3.05, 3.63) is 130 Å². The number of benzene rings is 4. The Kier molecular flexibility index (Phi) is 11.6. The molecule has 0 bridgehead atoms. The van der Waals surface area contributed by atoms with E-state index < -0.39 is 40.2 Å². The summed E-state index contributed by atoms with van der Waals surface area (Å²) >= 11 is 12.7. The van der Waals surface area contributed by atoms with Crippen LogP contribution in [0.4, 0.5) is 10.1 Å². The van der Waals surface area contributed by atoms with Crippen LogP contribution in [0.5, 0.6) is 0 Å². The highest BCUT2D eigenvalue weighted by molar-refractivity contribution is 7.92. The first kappa shape index (κ1) is 34.0. The third kappa shape index (κ3) is 8.84. The summed E-state index contributed by atoms with van der Waals surface area (Å²) in [6.07, 6.45) is 0.816. The van der Waals surface area contributed by atoms with Crippen molar-refractivity contribution < 1.29 is 22.4 Å². The zero-order valence-corrected chi connectivity index (χ0v) is 27.2. The van der Waals surface area contributed by atoms with Gasteiger partial charge in [-0.1, -0.05) is 84.7 Å². The van der Waals surface area contributed by atoms with E-state index in [0.717, 1.165) is 22.0 Å². The predicted octanol–water partition coefficient (Wildman–Crippen LogP) is 6.88. The number of rotatable bonds is 13. The van der Waals surface area contributed by atoms with Gasteiger partial charge in [0.15, 0.2) is 0 Å². The van der Waals surface area contributed by atoms with Crippen LogP contribution in [-0.2, 0) is 32.6 Å². The summed E-state index contributed by atoms with van der Waals surface area (Å²) in [5.41, 5.74) is 1.40. The van der Waals surface area contributed by atoms with E-state index in [4.69, 9.17) is 23.2 Å². The van der Waals surface area contributed by atoms with Crippen molar-refractivity contribution in [3.8, 4) is 0 Å². The summed E-state index contributed by atoms with van der Waals surface area (Å²) in [7, 11) is -4.29. The zero-order chi connectivity index (χ0) is 32.6. The van der Waals surface area contributed by atoms with E-state index in [1.807, 2.05) is 44.2 Å². The van der Waals surface area contributed by atoms with Crippen molar-refractivity contribution in [1.82, 2.24) is 10.2 Å². The first-order valence-electron chi connectivity index (χ1n) is 14.4. The number of carbonyl (C=O) groups excluding carboxylic acids is 2. The molecule has 2 atom stereocenters. The maximum atomic E-state index is 14.4. The minimum Gasteiger partial charge on any atom is -0.352 e. The van der Waals surface area contributed by atoms with Gasteiger partial charge in [-0.15, -0.1) is 0 Å². The number of carbonyl (C=O) groups is 2. The molecule has 0 radical (unpaired) electrons. The first-order chi connectivity index (χ1) is 21.5. The molecule has 4 aromatic rings. The maximum Gasteiger partial charge on any atom is 0.264 e. The van der Waals surface area contributed by atoms with Crippen LogP contribution in [0.15, 0.2) is 108 Å². The number of hydrogen-bond acceptors (Lipinski definition) is 4. The van der Waals surface area contributed by atoms with Crippen LogP contribution in [0.2, 0.25) is 10.0 Å². The van der Waals surface area contributed by atoms with Crippen LogP contribution in [0, 0.1) is 5.82 Å². The van der Waals surface area contributed by atoms with E-state index >= 15 is 0 Å². The van der Waals surface area contributed by atoms with Gasteiger partial charge >= 0.3 is 0 Å². The minimum atomic E-state index is -4.29. The van der Waals surface area contributed by atoms with Crippen LogP contribution in [0.25, 0.3) is 0 Å². The molecule has 0 saturated carbocycles. The van der Waals surface area contributed by atoms with Crippen LogP contribution in [0.1, 0.15) is 31.4 Å². The molecular weight excluding hydrogens is 636 g/mol. The van der Waals surface area contributed by atoms with Crippen LogP contribution in [-0.4, -0.2) is 43.8 Å². The second-order valence-electron chi connectivity index (χ2n) is 10.6. The molecule has 0 aromatic heterocycles. The summed E-state index contributed by atoms with van der Waals surface area (Å²) in [6, 6.07) is 25.3. The Balaban J connectivity index is 1.82. The highest BCUT2D eigenvalue weighted by Crippen LogP contribution is 2.27. The lowest BCUT2D eigenvalue weighted by Crippen LogP contribution is -2.54. The highest BCUT2D eigenvalue weighted by Gasteiger charge is 2.35. The Labute approximate surface area is 273 Å². The third-order valence-electron chi connectivity index (χ3n) is 7.35. The fourth-order valence-electron chi connectivity index (χ4n) is 4.68. The molecule has 7 nitrogen and oxygen atoms in total. The molecule has 0 aliphatic rings. The van der Waals surface area contributed by atoms with E-state index in [1.54, 1.807) is 30.3 Å². The molecule has 0 aliphatic heterocycles. The molecule has 236 valence electrons. The lowest BCUT2D eigenvalue weighted by molar-refractivity contribution is -0.140. The van der Waals surface area contributed by atoms with Gasteiger partial charge in [-0.3, -0.25) is 13.9 Å². The van der Waals surface area contributed by atoms with Crippen molar-refractivity contribution in [2.75, 3.05) is 10.8 Å². The topological polar surface area (TPSA) is 86.8 Å².